The van der Waals surface area contributed by atoms with Crippen LogP contribution in [0.15, 0.2) is 30.5 Å². The van der Waals surface area contributed by atoms with Gasteiger partial charge in [0.1, 0.15) is 5.75 Å². The number of aromatic nitrogens is 1. The average Bonchev–Trinajstić information content (AvgIpc) is 2.80. The number of fused-ring (bicyclic) bond motifs is 1. The van der Waals surface area contributed by atoms with Gasteiger partial charge in [-0.25, -0.2) is 0 Å². The van der Waals surface area contributed by atoms with Gasteiger partial charge in [-0.2, -0.15) is 0 Å². The van der Waals surface area contributed by atoms with Crippen LogP contribution in [-0.4, -0.2) is 24.8 Å². The highest BCUT2D eigenvalue weighted by Gasteiger charge is 2.29. The predicted molar refractivity (Wildman–Crippen MR) is 74.3 cm³/mol. The van der Waals surface area contributed by atoms with Crippen LogP contribution < -0.4 is 4.74 Å². The number of nitrogens with zero attached hydrogens (tertiary/aromatic N) is 1. The maximum absolute atomic E-state index is 11.8. The summed E-state index contributed by atoms with van der Waals surface area (Å²) in [4.78, 5) is 11.8. The van der Waals surface area contributed by atoms with E-state index in [1.54, 1.807) is 7.11 Å². The molecule has 0 N–H and O–H groups in total. The molecular weight excluding hydrogens is 242 g/mol. The summed E-state index contributed by atoms with van der Waals surface area (Å²) < 4.78 is 12.2. The molecule has 0 aliphatic carbocycles. The first-order valence-corrected chi connectivity index (χ1v) is 6.20. The molecule has 1 heterocycles. The van der Waals surface area contributed by atoms with Crippen molar-refractivity contribution in [2.45, 2.75) is 20.4 Å². The summed E-state index contributed by atoms with van der Waals surface area (Å²) in [7, 11) is 3.07. The SMILES string of the molecule is COC(=O)C(C)(C)Cn1ccc2c(OC)cccc21. The van der Waals surface area contributed by atoms with Crippen molar-refractivity contribution in [1.82, 2.24) is 4.57 Å². The van der Waals surface area contributed by atoms with Gasteiger partial charge >= 0.3 is 5.97 Å². The van der Waals surface area contributed by atoms with Crippen molar-refractivity contribution in [2.24, 2.45) is 5.41 Å². The normalized spacial score (nSPS) is 11.6. The van der Waals surface area contributed by atoms with E-state index in [-0.39, 0.29) is 5.97 Å². The van der Waals surface area contributed by atoms with Gasteiger partial charge in [0, 0.05) is 18.1 Å². The van der Waals surface area contributed by atoms with Crippen LogP contribution in [0.4, 0.5) is 0 Å². The largest absolute Gasteiger partial charge is 0.496 e. The van der Waals surface area contributed by atoms with Gasteiger partial charge in [-0.05, 0) is 32.0 Å². The number of hydrogen-bond acceptors (Lipinski definition) is 3. The second kappa shape index (κ2) is 4.96. The lowest BCUT2D eigenvalue weighted by Gasteiger charge is -2.22. The Bertz CT molecular complexity index is 598. The van der Waals surface area contributed by atoms with Crippen LogP contribution in [0.25, 0.3) is 10.9 Å². The van der Waals surface area contributed by atoms with Gasteiger partial charge in [-0.1, -0.05) is 6.07 Å². The van der Waals surface area contributed by atoms with Crippen LogP contribution in [-0.2, 0) is 16.1 Å². The highest BCUT2D eigenvalue weighted by molar-refractivity contribution is 5.86. The van der Waals surface area contributed by atoms with Gasteiger partial charge in [0.25, 0.3) is 0 Å². The van der Waals surface area contributed by atoms with Gasteiger partial charge in [0.2, 0.25) is 0 Å². The third-order valence-electron chi connectivity index (χ3n) is 3.30. The topological polar surface area (TPSA) is 40.5 Å². The number of esters is 1. The van der Waals surface area contributed by atoms with Gasteiger partial charge in [-0.15, -0.1) is 0 Å². The molecule has 0 aliphatic rings. The number of carbonyl (C=O) groups is 1. The molecule has 19 heavy (non-hydrogen) atoms. The lowest BCUT2D eigenvalue weighted by Crippen LogP contribution is -2.30. The van der Waals surface area contributed by atoms with Crippen LogP contribution in [0.1, 0.15) is 13.8 Å². The Hall–Kier alpha value is -1.97. The molecule has 4 heteroatoms. The Kier molecular flexibility index (Phi) is 3.51. The first kappa shape index (κ1) is 13.5. The maximum Gasteiger partial charge on any atom is 0.313 e. The zero-order valence-corrected chi connectivity index (χ0v) is 11.8. The molecule has 0 amide bonds. The highest BCUT2D eigenvalue weighted by Crippen LogP contribution is 2.29. The molecule has 1 aromatic carbocycles. The minimum absolute atomic E-state index is 0.211. The van der Waals surface area contributed by atoms with E-state index >= 15 is 0 Å². The van der Waals surface area contributed by atoms with E-state index in [0.717, 1.165) is 16.7 Å². The number of rotatable bonds is 4. The highest BCUT2D eigenvalue weighted by atomic mass is 16.5. The summed E-state index contributed by atoms with van der Waals surface area (Å²) in [5, 5.41) is 1.05. The molecule has 2 rings (SSSR count). The molecule has 0 saturated carbocycles. The number of benzene rings is 1. The van der Waals surface area contributed by atoms with E-state index in [1.165, 1.54) is 7.11 Å². The maximum atomic E-state index is 11.8. The average molecular weight is 261 g/mol. The third-order valence-corrected chi connectivity index (χ3v) is 3.30. The summed E-state index contributed by atoms with van der Waals surface area (Å²) in [5.41, 5.74) is 0.486. The monoisotopic (exact) mass is 261 g/mol. The molecule has 102 valence electrons. The van der Waals surface area contributed by atoms with Crippen LogP contribution in [0.3, 0.4) is 0 Å². The smallest absolute Gasteiger partial charge is 0.313 e. The fraction of sp³-hybridized carbons (Fsp3) is 0.400. The van der Waals surface area contributed by atoms with E-state index < -0.39 is 5.41 Å². The lowest BCUT2D eigenvalue weighted by atomic mass is 9.93. The molecular formula is C15H19NO3. The fourth-order valence-corrected chi connectivity index (χ4v) is 2.28. The first-order chi connectivity index (χ1) is 8.99. The van der Waals surface area contributed by atoms with Crippen molar-refractivity contribution < 1.29 is 14.3 Å². The molecule has 0 radical (unpaired) electrons. The summed E-state index contributed by atoms with van der Waals surface area (Å²) in [6.07, 6.45) is 1.97. The molecule has 0 bridgehead atoms. The van der Waals surface area contributed by atoms with Crippen LogP contribution in [0.5, 0.6) is 5.75 Å². The van der Waals surface area contributed by atoms with Gasteiger partial charge < -0.3 is 14.0 Å². The fourth-order valence-electron chi connectivity index (χ4n) is 2.28. The van der Waals surface area contributed by atoms with E-state index in [9.17, 15) is 4.79 Å². The summed E-state index contributed by atoms with van der Waals surface area (Å²) in [5.74, 6) is 0.629. The van der Waals surface area contributed by atoms with Gasteiger partial charge in [-0.3, -0.25) is 4.79 Å². The van der Waals surface area contributed by atoms with Gasteiger partial charge in [0.05, 0.1) is 25.2 Å². The lowest BCUT2D eigenvalue weighted by molar-refractivity contribution is -0.151. The molecule has 0 saturated heterocycles. The van der Waals surface area contributed by atoms with Crippen LogP contribution in [0.2, 0.25) is 0 Å². The summed E-state index contributed by atoms with van der Waals surface area (Å²) in [6, 6.07) is 7.90. The van der Waals surface area contributed by atoms with Crippen molar-refractivity contribution in [3.63, 3.8) is 0 Å². The van der Waals surface area contributed by atoms with E-state index in [1.807, 2.05) is 44.3 Å². The quantitative estimate of drug-likeness (QED) is 0.795. The second-order valence-corrected chi connectivity index (χ2v) is 5.21. The minimum Gasteiger partial charge on any atom is -0.496 e. The van der Waals surface area contributed by atoms with Crippen molar-refractivity contribution >= 4 is 16.9 Å². The number of hydrogen-bond donors (Lipinski definition) is 0. The zero-order valence-electron chi connectivity index (χ0n) is 11.8. The predicted octanol–water partition coefficient (Wildman–Crippen LogP) is 2.85. The van der Waals surface area contributed by atoms with Crippen molar-refractivity contribution in [1.29, 1.82) is 0 Å². The van der Waals surface area contributed by atoms with Gasteiger partial charge in [0.15, 0.2) is 0 Å². The molecule has 0 atom stereocenters. The Balaban J connectivity index is 2.40. The molecule has 4 nitrogen and oxygen atoms in total. The van der Waals surface area contributed by atoms with Crippen LogP contribution in [0, 0.1) is 5.41 Å². The molecule has 1 aromatic heterocycles. The van der Waals surface area contributed by atoms with Crippen LogP contribution >= 0.6 is 0 Å². The summed E-state index contributed by atoms with van der Waals surface area (Å²) >= 11 is 0. The molecule has 0 spiro atoms. The van der Waals surface area contributed by atoms with E-state index in [4.69, 9.17) is 9.47 Å². The van der Waals surface area contributed by atoms with E-state index in [2.05, 4.69) is 4.57 Å². The number of ether oxygens (including phenoxy) is 2. The Morgan fingerprint density at radius 1 is 1.26 bits per heavy atom. The minimum atomic E-state index is -0.566. The van der Waals surface area contributed by atoms with Crippen molar-refractivity contribution in [3.05, 3.63) is 30.5 Å². The first-order valence-electron chi connectivity index (χ1n) is 6.20. The number of carbonyl (C=O) groups excluding carboxylic acids is 1. The third kappa shape index (κ3) is 2.43. The number of methoxy groups -OCH3 is 2. The Labute approximate surface area is 112 Å². The second-order valence-electron chi connectivity index (χ2n) is 5.21. The molecule has 0 fully saturated rings. The Morgan fingerprint density at radius 3 is 2.63 bits per heavy atom. The zero-order chi connectivity index (χ0) is 14.0. The Morgan fingerprint density at radius 2 is 2.00 bits per heavy atom. The van der Waals surface area contributed by atoms with Crippen molar-refractivity contribution in [2.75, 3.05) is 14.2 Å². The summed E-state index contributed by atoms with van der Waals surface area (Å²) in [6.45, 7) is 4.33. The van der Waals surface area contributed by atoms with Crippen molar-refractivity contribution in [3.8, 4) is 5.75 Å². The standard InChI is InChI=1S/C15H19NO3/c1-15(2,14(17)19-4)10-16-9-8-11-12(16)6-5-7-13(11)18-3/h5-9H,10H2,1-4H3. The molecule has 0 aliphatic heterocycles. The molecule has 2 aromatic rings. The molecule has 0 unspecified atom stereocenters. The van der Waals surface area contributed by atoms with E-state index in [0.29, 0.717) is 6.54 Å².